The zero-order chi connectivity index (χ0) is 13.4. The summed E-state index contributed by atoms with van der Waals surface area (Å²) in [4.78, 5) is 5.12. The first-order valence-electron chi connectivity index (χ1n) is 7.54. The third-order valence-corrected chi connectivity index (χ3v) is 5.81. The molecule has 2 atom stereocenters. The van der Waals surface area contributed by atoms with Crippen molar-refractivity contribution >= 4 is 0 Å². The van der Waals surface area contributed by atoms with E-state index >= 15 is 0 Å². The van der Waals surface area contributed by atoms with Gasteiger partial charge in [-0.3, -0.25) is 4.90 Å². The van der Waals surface area contributed by atoms with Gasteiger partial charge in [0.15, 0.2) is 0 Å². The molecule has 1 saturated carbocycles. The molecule has 2 unspecified atom stereocenters. The quantitative estimate of drug-likeness (QED) is 0.834. The normalized spacial score (nSPS) is 37.3. The number of hydrogen-bond acceptors (Lipinski definition) is 3. The summed E-state index contributed by atoms with van der Waals surface area (Å²) in [6.45, 7) is 8.08. The van der Waals surface area contributed by atoms with Gasteiger partial charge >= 0.3 is 0 Å². The highest BCUT2D eigenvalue weighted by molar-refractivity contribution is 5.08. The molecule has 0 amide bonds. The second-order valence-electron chi connectivity index (χ2n) is 7.14. The minimum Gasteiger partial charge on any atom is -0.329 e. The van der Waals surface area contributed by atoms with E-state index < -0.39 is 0 Å². The molecule has 0 aromatic rings. The van der Waals surface area contributed by atoms with Gasteiger partial charge in [-0.05, 0) is 51.7 Å². The van der Waals surface area contributed by atoms with E-state index in [1.54, 1.807) is 0 Å². The number of hydrogen-bond donors (Lipinski definition) is 1. The third-order valence-electron chi connectivity index (χ3n) is 5.81. The summed E-state index contributed by atoms with van der Waals surface area (Å²) < 4.78 is 0. The maximum absolute atomic E-state index is 6.23. The van der Waals surface area contributed by atoms with Crippen molar-refractivity contribution in [3.05, 3.63) is 0 Å². The fourth-order valence-corrected chi connectivity index (χ4v) is 4.37. The van der Waals surface area contributed by atoms with Crippen molar-refractivity contribution in [1.82, 2.24) is 9.80 Å². The molecule has 0 radical (unpaired) electrons. The predicted octanol–water partition coefficient (Wildman–Crippen LogP) is 1.92. The minimum atomic E-state index is 0.218. The SMILES string of the molecule is CN1CCCC(N(C)C2(CN)CCCC2(C)C)C1. The van der Waals surface area contributed by atoms with E-state index in [0.717, 1.165) is 6.54 Å². The maximum Gasteiger partial charge on any atom is 0.0382 e. The van der Waals surface area contributed by atoms with E-state index in [-0.39, 0.29) is 5.54 Å². The van der Waals surface area contributed by atoms with Gasteiger partial charge in [0.25, 0.3) is 0 Å². The van der Waals surface area contributed by atoms with E-state index in [4.69, 9.17) is 5.73 Å². The fourth-order valence-electron chi connectivity index (χ4n) is 4.37. The lowest BCUT2D eigenvalue weighted by molar-refractivity contribution is -0.0186. The minimum absolute atomic E-state index is 0.218. The Hall–Kier alpha value is -0.120. The van der Waals surface area contributed by atoms with E-state index in [1.165, 1.54) is 45.2 Å². The van der Waals surface area contributed by atoms with Crippen molar-refractivity contribution in [2.45, 2.75) is 57.5 Å². The Morgan fingerprint density at radius 3 is 2.50 bits per heavy atom. The largest absolute Gasteiger partial charge is 0.329 e. The van der Waals surface area contributed by atoms with Gasteiger partial charge in [0.05, 0.1) is 0 Å². The highest BCUT2D eigenvalue weighted by Gasteiger charge is 2.52. The van der Waals surface area contributed by atoms with Crippen LogP contribution in [-0.4, -0.2) is 55.1 Å². The molecule has 3 nitrogen and oxygen atoms in total. The first-order chi connectivity index (χ1) is 8.43. The van der Waals surface area contributed by atoms with Crippen molar-refractivity contribution in [2.24, 2.45) is 11.1 Å². The molecule has 2 fully saturated rings. The van der Waals surface area contributed by atoms with Gasteiger partial charge in [0.2, 0.25) is 0 Å². The second kappa shape index (κ2) is 5.10. The van der Waals surface area contributed by atoms with E-state index in [0.29, 0.717) is 11.5 Å². The van der Waals surface area contributed by atoms with Gasteiger partial charge in [0, 0.05) is 24.7 Å². The third kappa shape index (κ3) is 2.21. The second-order valence-corrected chi connectivity index (χ2v) is 7.14. The summed E-state index contributed by atoms with van der Waals surface area (Å²) in [7, 11) is 4.57. The molecule has 1 aliphatic carbocycles. The van der Waals surface area contributed by atoms with Crippen LogP contribution in [0.2, 0.25) is 0 Å². The molecule has 0 spiro atoms. The molecular formula is C15H31N3. The number of nitrogens with zero attached hydrogens (tertiary/aromatic N) is 2. The highest BCUT2D eigenvalue weighted by Crippen LogP contribution is 2.49. The molecule has 0 aromatic carbocycles. The van der Waals surface area contributed by atoms with Crippen LogP contribution in [0.3, 0.4) is 0 Å². The van der Waals surface area contributed by atoms with Crippen molar-refractivity contribution in [2.75, 3.05) is 33.7 Å². The van der Waals surface area contributed by atoms with Crippen molar-refractivity contribution < 1.29 is 0 Å². The van der Waals surface area contributed by atoms with Crippen molar-refractivity contribution in [3.8, 4) is 0 Å². The first-order valence-corrected chi connectivity index (χ1v) is 7.54. The lowest BCUT2D eigenvalue weighted by Crippen LogP contribution is -2.63. The summed E-state index contributed by atoms with van der Waals surface area (Å²) in [5.41, 5.74) is 6.80. The zero-order valence-electron chi connectivity index (χ0n) is 12.7. The summed E-state index contributed by atoms with van der Waals surface area (Å²) in [6.07, 6.45) is 6.58. The fraction of sp³-hybridized carbons (Fsp3) is 1.00. The average Bonchev–Trinajstić information content (AvgIpc) is 2.64. The molecule has 1 saturated heterocycles. The Bertz CT molecular complexity index is 289. The van der Waals surface area contributed by atoms with Gasteiger partial charge in [-0.15, -0.1) is 0 Å². The van der Waals surface area contributed by atoms with E-state index in [1.807, 2.05) is 0 Å². The Morgan fingerprint density at radius 2 is 2.00 bits per heavy atom. The van der Waals surface area contributed by atoms with Gasteiger partial charge in [-0.1, -0.05) is 20.3 Å². The van der Waals surface area contributed by atoms with Crippen molar-refractivity contribution in [3.63, 3.8) is 0 Å². The molecule has 2 rings (SSSR count). The van der Waals surface area contributed by atoms with Crippen LogP contribution >= 0.6 is 0 Å². The van der Waals surface area contributed by atoms with Crippen LogP contribution in [0.5, 0.6) is 0 Å². The van der Waals surface area contributed by atoms with Gasteiger partial charge in [0.1, 0.15) is 0 Å². The van der Waals surface area contributed by atoms with Crippen LogP contribution in [-0.2, 0) is 0 Å². The molecule has 1 heterocycles. The Balaban J connectivity index is 2.17. The number of likely N-dealkylation sites (tertiary alicyclic amines) is 1. The van der Waals surface area contributed by atoms with Crippen LogP contribution in [0.15, 0.2) is 0 Å². The van der Waals surface area contributed by atoms with E-state index in [9.17, 15) is 0 Å². The Kier molecular flexibility index (Phi) is 4.05. The molecule has 18 heavy (non-hydrogen) atoms. The van der Waals surface area contributed by atoms with Crippen LogP contribution < -0.4 is 5.73 Å². The van der Waals surface area contributed by atoms with Crippen LogP contribution in [0.4, 0.5) is 0 Å². The summed E-state index contributed by atoms with van der Waals surface area (Å²) >= 11 is 0. The molecule has 3 heteroatoms. The molecule has 106 valence electrons. The molecule has 2 N–H and O–H groups in total. The van der Waals surface area contributed by atoms with Gasteiger partial charge in [-0.2, -0.15) is 0 Å². The smallest absolute Gasteiger partial charge is 0.0382 e. The standard InChI is InChI=1S/C15H31N3/c1-14(2)8-6-9-15(14,12-16)18(4)13-7-5-10-17(3)11-13/h13H,5-12,16H2,1-4H3. The molecule has 1 aliphatic heterocycles. The lowest BCUT2D eigenvalue weighted by atomic mass is 9.73. The van der Waals surface area contributed by atoms with Crippen LogP contribution in [0.25, 0.3) is 0 Å². The summed E-state index contributed by atoms with van der Waals surface area (Å²) in [5, 5.41) is 0. The predicted molar refractivity (Wildman–Crippen MR) is 77.7 cm³/mol. The van der Waals surface area contributed by atoms with Gasteiger partial charge < -0.3 is 10.6 Å². The number of likely N-dealkylation sites (N-methyl/N-ethyl adjacent to an activating group) is 2. The first kappa shape index (κ1) is 14.3. The number of nitrogens with two attached hydrogens (primary N) is 1. The number of piperidine rings is 1. The van der Waals surface area contributed by atoms with Crippen LogP contribution in [0.1, 0.15) is 46.0 Å². The molecule has 2 aliphatic rings. The maximum atomic E-state index is 6.23. The summed E-state index contributed by atoms with van der Waals surface area (Å²) in [6, 6.07) is 0.685. The van der Waals surface area contributed by atoms with Crippen molar-refractivity contribution in [1.29, 1.82) is 0 Å². The molecule has 0 aromatic heterocycles. The average molecular weight is 253 g/mol. The zero-order valence-corrected chi connectivity index (χ0v) is 12.7. The molecule has 0 bridgehead atoms. The lowest BCUT2D eigenvalue weighted by Gasteiger charge is -2.52. The Labute approximate surface area is 113 Å². The summed E-state index contributed by atoms with van der Waals surface area (Å²) in [5.74, 6) is 0. The van der Waals surface area contributed by atoms with Gasteiger partial charge in [-0.25, -0.2) is 0 Å². The highest BCUT2D eigenvalue weighted by atomic mass is 15.3. The van der Waals surface area contributed by atoms with Crippen LogP contribution in [0, 0.1) is 5.41 Å². The monoisotopic (exact) mass is 253 g/mol. The number of rotatable bonds is 3. The molecular weight excluding hydrogens is 222 g/mol. The Morgan fingerprint density at radius 1 is 1.28 bits per heavy atom. The van der Waals surface area contributed by atoms with E-state index in [2.05, 4.69) is 37.7 Å². The topological polar surface area (TPSA) is 32.5 Å².